The summed E-state index contributed by atoms with van der Waals surface area (Å²) in [5.41, 5.74) is 1.63. The Balaban J connectivity index is 2.32. The zero-order valence-corrected chi connectivity index (χ0v) is 12.9. The Morgan fingerprint density at radius 3 is 2.77 bits per heavy atom. The summed E-state index contributed by atoms with van der Waals surface area (Å²) in [6.45, 7) is 4.63. The van der Waals surface area contributed by atoms with Crippen LogP contribution in [0.1, 0.15) is 24.2 Å². The minimum absolute atomic E-state index is 0.196. The Kier molecular flexibility index (Phi) is 5.09. The van der Waals surface area contributed by atoms with Crippen LogP contribution in [0.5, 0.6) is 5.75 Å². The van der Waals surface area contributed by atoms with Crippen molar-refractivity contribution in [3.8, 4) is 16.9 Å². The van der Waals surface area contributed by atoms with Crippen molar-refractivity contribution >= 4 is 5.91 Å². The van der Waals surface area contributed by atoms with Gasteiger partial charge in [0.1, 0.15) is 11.6 Å². The number of halogens is 1. The normalized spacial score (nSPS) is 10.6. The lowest BCUT2D eigenvalue weighted by Crippen LogP contribution is -2.27. The molecule has 1 amide bonds. The second kappa shape index (κ2) is 7.02. The summed E-state index contributed by atoms with van der Waals surface area (Å²) < 4.78 is 18.7. The highest BCUT2D eigenvalue weighted by molar-refractivity contribution is 5.95. The third-order valence-corrected chi connectivity index (χ3v) is 3.14. The highest BCUT2D eigenvalue weighted by Gasteiger charge is 2.12. The molecule has 1 aromatic heterocycles. The molecule has 0 atom stereocenters. The number of carbonyl (C=O) groups is 1. The maximum Gasteiger partial charge on any atom is 0.252 e. The second-order valence-electron chi connectivity index (χ2n) is 5.41. The number of hydrogen-bond acceptors (Lipinski definition) is 3. The first kappa shape index (κ1) is 15.9. The first-order chi connectivity index (χ1) is 10.5. The fraction of sp³-hybridized carbons (Fsp3) is 0.294. The van der Waals surface area contributed by atoms with Crippen molar-refractivity contribution < 1.29 is 13.9 Å². The van der Waals surface area contributed by atoms with Crippen LogP contribution in [0.2, 0.25) is 0 Å². The Morgan fingerprint density at radius 2 is 2.09 bits per heavy atom. The Hall–Kier alpha value is -2.43. The van der Waals surface area contributed by atoms with Crippen LogP contribution in [0.15, 0.2) is 36.7 Å². The molecule has 0 radical (unpaired) electrons. The SMILES string of the molecule is COc1ccc(F)cc1-c1cncc(C(=O)NCC(C)C)c1. The van der Waals surface area contributed by atoms with E-state index in [1.54, 1.807) is 18.3 Å². The third kappa shape index (κ3) is 3.81. The van der Waals surface area contributed by atoms with Gasteiger partial charge in [-0.05, 0) is 30.2 Å². The standard InChI is InChI=1S/C17H19FN2O2/c1-11(2)8-20-17(21)13-6-12(9-19-10-13)15-7-14(18)4-5-16(15)22-3/h4-7,9-11H,8H2,1-3H3,(H,20,21). The molecule has 1 N–H and O–H groups in total. The summed E-state index contributed by atoms with van der Waals surface area (Å²) in [7, 11) is 1.52. The number of hydrogen-bond donors (Lipinski definition) is 1. The summed E-state index contributed by atoms with van der Waals surface area (Å²) in [5, 5.41) is 2.83. The van der Waals surface area contributed by atoms with Crippen molar-refractivity contribution in [1.29, 1.82) is 0 Å². The number of amides is 1. The van der Waals surface area contributed by atoms with Crippen molar-refractivity contribution in [2.24, 2.45) is 5.92 Å². The maximum absolute atomic E-state index is 13.5. The van der Waals surface area contributed by atoms with E-state index in [4.69, 9.17) is 4.74 Å². The summed E-state index contributed by atoms with van der Waals surface area (Å²) in [6, 6.07) is 5.93. The number of nitrogens with zero attached hydrogens (tertiary/aromatic N) is 1. The minimum atomic E-state index is -0.370. The Labute approximate surface area is 129 Å². The van der Waals surface area contributed by atoms with E-state index in [0.29, 0.717) is 34.9 Å². The molecule has 1 aromatic carbocycles. The maximum atomic E-state index is 13.5. The Bertz CT molecular complexity index is 671. The van der Waals surface area contributed by atoms with Gasteiger partial charge in [0.25, 0.3) is 5.91 Å². The number of pyridine rings is 1. The van der Waals surface area contributed by atoms with E-state index in [1.165, 1.54) is 25.4 Å². The zero-order valence-electron chi connectivity index (χ0n) is 12.9. The van der Waals surface area contributed by atoms with E-state index >= 15 is 0 Å². The first-order valence-electron chi connectivity index (χ1n) is 7.08. The number of nitrogens with one attached hydrogen (secondary N) is 1. The molecule has 0 saturated carbocycles. The van der Waals surface area contributed by atoms with Crippen molar-refractivity contribution in [1.82, 2.24) is 10.3 Å². The molecular weight excluding hydrogens is 283 g/mol. The van der Waals surface area contributed by atoms with Gasteiger partial charge in [0.15, 0.2) is 0 Å². The highest BCUT2D eigenvalue weighted by Crippen LogP contribution is 2.30. The smallest absolute Gasteiger partial charge is 0.252 e. The molecular formula is C17H19FN2O2. The molecule has 0 fully saturated rings. The molecule has 5 heteroatoms. The van der Waals surface area contributed by atoms with E-state index in [0.717, 1.165) is 0 Å². The zero-order chi connectivity index (χ0) is 16.1. The average molecular weight is 302 g/mol. The molecule has 0 aliphatic heterocycles. The molecule has 0 bridgehead atoms. The van der Waals surface area contributed by atoms with Crippen LogP contribution < -0.4 is 10.1 Å². The predicted octanol–water partition coefficient (Wildman–Crippen LogP) is 3.28. The number of aromatic nitrogens is 1. The van der Waals surface area contributed by atoms with Crippen molar-refractivity contribution in [2.45, 2.75) is 13.8 Å². The quantitative estimate of drug-likeness (QED) is 0.922. The van der Waals surface area contributed by atoms with Gasteiger partial charge < -0.3 is 10.1 Å². The molecule has 22 heavy (non-hydrogen) atoms. The molecule has 0 aliphatic rings. The molecule has 2 rings (SSSR count). The summed E-state index contributed by atoms with van der Waals surface area (Å²) in [6.07, 6.45) is 3.07. The van der Waals surface area contributed by atoms with Gasteiger partial charge in [0, 0.05) is 30.1 Å². The molecule has 2 aromatic rings. The van der Waals surface area contributed by atoms with Crippen LogP contribution >= 0.6 is 0 Å². The lowest BCUT2D eigenvalue weighted by atomic mass is 10.0. The van der Waals surface area contributed by atoms with Gasteiger partial charge in [0.05, 0.1) is 12.7 Å². The van der Waals surface area contributed by atoms with Crippen LogP contribution in [0, 0.1) is 11.7 Å². The molecule has 0 unspecified atom stereocenters. The fourth-order valence-corrected chi connectivity index (χ4v) is 2.02. The van der Waals surface area contributed by atoms with E-state index in [9.17, 15) is 9.18 Å². The number of benzene rings is 1. The topological polar surface area (TPSA) is 51.2 Å². The lowest BCUT2D eigenvalue weighted by molar-refractivity contribution is 0.0948. The van der Waals surface area contributed by atoms with Crippen molar-refractivity contribution in [2.75, 3.05) is 13.7 Å². The van der Waals surface area contributed by atoms with E-state index in [1.807, 2.05) is 13.8 Å². The van der Waals surface area contributed by atoms with E-state index in [2.05, 4.69) is 10.3 Å². The van der Waals surface area contributed by atoms with Crippen LogP contribution in [-0.2, 0) is 0 Å². The van der Waals surface area contributed by atoms with Crippen LogP contribution in [0.3, 0.4) is 0 Å². The molecule has 116 valence electrons. The summed E-state index contributed by atoms with van der Waals surface area (Å²) in [4.78, 5) is 16.2. The van der Waals surface area contributed by atoms with Crippen molar-refractivity contribution in [3.63, 3.8) is 0 Å². The fourth-order valence-electron chi connectivity index (χ4n) is 2.02. The lowest BCUT2D eigenvalue weighted by Gasteiger charge is -2.11. The van der Waals surface area contributed by atoms with Crippen LogP contribution in [-0.4, -0.2) is 24.5 Å². The predicted molar refractivity (Wildman–Crippen MR) is 83.4 cm³/mol. The summed E-state index contributed by atoms with van der Waals surface area (Å²) in [5.74, 6) is 0.329. The van der Waals surface area contributed by atoms with Gasteiger partial charge in [-0.25, -0.2) is 4.39 Å². The first-order valence-corrected chi connectivity index (χ1v) is 7.08. The van der Waals surface area contributed by atoms with Gasteiger partial charge in [-0.15, -0.1) is 0 Å². The van der Waals surface area contributed by atoms with E-state index < -0.39 is 0 Å². The van der Waals surface area contributed by atoms with Gasteiger partial charge in [-0.2, -0.15) is 0 Å². The third-order valence-electron chi connectivity index (χ3n) is 3.14. The van der Waals surface area contributed by atoms with Crippen molar-refractivity contribution in [3.05, 3.63) is 48.0 Å². The largest absolute Gasteiger partial charge is 0.496 e. The Morgan fingerprint density at radius 1 is 1.32 bits per heavy atom. The summed E-state index contributed by atoms with van der Waals surface area (Å²) >= 11 is 0. The van der Waals surface area contributed by atoms with Gasteiger partial charge in [-0.3, -0.25) is 9.78 Å². The molecule has 0 saturated heterocycles. The number of carbonyl (C=O) groups excluding carboxylic acids is 1. The molecule has 4 nitrogen and oxygen atoms in total. The van der Waals surface area contributed by atoms with Gasteiger partial charge in [-0.1, -0.05) is 13.8 Å². The number of methoxy groups -OCH3 is 1. The highest BCUT2D eigenvalue weighted by atomic mass is 19.1. The minimum Gasteiger partial charge on any atom is -0.496 e. The average Bonchev–Trinajstić information content (AvgIpc) is 2.52. The molecule has 0 aliphatic carbocycles. The second-order valence-corrected chi connectivity index (χ2v) is 5.41. The molecule has 1 heterocycles. The van der Waals surface area contributed by atoms with Gasteiger partial charge >= 0.3 is 0 Å². The van der Waals surface area contributed by atoms with Crippen LogP contribution in [0.25, 0.3) is 11.1 Å². The monoisotopic (exact) mass is 302 g/mol. The van der Waals surface area contributed by atoms with Gasteiger partial charge in [0.2, 0.25) is 0 Å². The van der Waals surface area contributed by atoms with E-state index in [-0.39, 0.29) is 11.7 Å². The number of rotatable bonds is 5. The number of ether oxygens (including phenoxy) is 1. The van der Waals surface area contributed by atoms with Crippen LogP contribution in [0.4, 0.5) is 4.39 Å². The molecule has 0 spiro atoms.